The van der Waals surface area contributed by atoms with Gasteiger partial charge in [0, 0.05) is 6.20 Å². The van der Waals surface area contributed by atoms with Gasteiger partial charge in [-0.15, -0.1) is 11.3 Å². The zero-order valence-corrected chi connectivity index (χ0v) is 19.4. The van der Waals surface area contributed by atoms with Crippen molar-refractivity contribution in [2.45, 2.75) is 12.1 Å². The quantitative estimate of drug-likeness (QED) is 0.297. The third-order valence-corrected chi connectivity index (χ3v) is 8.37. The molecule has 4 heterocycles. The second-order valence-corrected chi connectivity index (χ2v) is 10.2. The zero-order chi connectivity index (χ0) is 23.7. The Labute approximate surface area is 205 Å². The number of rotatable bonds is 3. The van der Waals surface area contributed by atoms with E-state index in [-0.39, 0.29) is 23.6 Å². The minimum absolute atomic E-state index is 0.108. The van der Waals surface area contributed by atoms with E-state index >= 15 is 0 Å². The Morgan fingerprint density at radius 3 is 2.40 bits per heavy atom. The third-order valence-electron chi connectivity index (χ3n) is 7.49. The van der Waals surface area contributed by atoms with Crippen molar-refractivity contribution in [1.82, 2.24) is 4.90 Å². The SMILES string of the molecule is O=C(c1cccs1)[C@@H]1[C@@H]2C(=O)N(c3ccc4ccccc4c3)C(=O)[C@@H]2[C@H]2c3ccccc3C=CN12. The fourth-order valence-corrected chi connectivity index (χ4v) is 6.69. The molecule has 0 saturated carbocycles. The number of hydrogen-bond donors (Lipinski definition) is 0. The van der Waals surface area contributed by atoms with Gasteiger partial charge in [0.1, 0.15) is 6.04 Å². The van der Waals surface area contributed by atoms with Crippen molar-refractivity contribution < 1.29 is 14.4 Å². The van der Waals surface area contributed by atoms with Crippen LogP contribution in [-0.4, -0.2) is 28.5 Å². The van der Waals surface area contributed by atoms with Crippen molar-refractivity contribution in [2.24, 2.45) is 11.8 Å². The van der Waals surface area contributed by atoms with Crippen molar-refractivity contribution in [2.75, 3.05) is 4.90 Å². The first-order valence-corrected chi connectivity index (χ1v) is 12.5. The highest BCUT2D eigenvalue weighted by atomic mass is 32.1. The number of benzene rings is 3. The average molecular weight is 477 g/mol. The zero-order valence-electron chi connectivity index (χ0n) is 18.6. The molecule has 2 saturated heterocycles. The van der Waals surface area contributed by atoms with Crippen molar-refractivity contribution >= 4 is 51.5 Å². The molecule has 6 heteroatoms. The molecule has 35 heavy (non-hydrogen) atoms. The Morgan fingerprint density at radius 2 is 1.57 bits per heavy atom. The Hall–Kier alpha value is -4.03. The monoisotopic (exact) mass is 476 g/mol. The number of nitrogens with zero attached hydrogens (tertiary/aromatic N) is 2. The molecule has 7 rings (SSSR count). The Morgan fingerprint density at radius 1 is 0.800 bits per heavy atom. The Bertz CT molecular complexity index is 1560. The molecule has 170 valence electrons. The average Bonchev–Trinajstić information content (AvgIpc) is 3.60. The number of fused-ring (bicyclic) bond motifs is 6. The van der Waals surface area contributed by atoms with Gasteiger partial charge in [-0.2, -0.15) is 0 Å². The van der Waals surface area contributed by atoms with Gasteiger partial charge in [0.2, 0.25) is 11.8 Å². The van der Waals surface area contributed by atoms with Crippen LogP contribution in [0.1, 0.15) is 26.8 Å². The van der Waals surface area contributed by atoms with Crippen LogP contribution in [0, 0.1) is 11.8 Å². The highest BCUT2D eigenvalue weighted by Crippen LogP contribution is 2.53. The molecule has 3 aliphatic rings. The second kappa shape index (κ2) is 7.48. The van der Waals surface area contributed by atoms with Gasteiger partial charge < -0.3 is 4.90 Å². The van der Waals surface area contributed by atoms with E-state index in [1.165, 1.54) is 16.2 Å². The van der Waals surface area contributed by atoms with Crippen LogP contribution in [0.4, 0.5) is 5.69 Å². The van der Waals surface area contributed by atoms with Crippen LogP contribution in [0.15, 0.2) is 90.4 Å². The normalized spacial score (nSPS) is 24.6. The number of carbonyl (C=O) groups is 3. The maximum Gasteiger partial charge on any atom is 0.240 e. The number of imide groups is 1. The summed E-state index contributed by atoms with van der Waals surface area (Å²) in [5.41, 5.74) is 2.55. The largest absolute Gasteiger partial charge is 0.358 e. The standard InChI is InChI=1S/C29H20N2O3S/c32-27(22-10-5-15-35-22)26-24-23(25-21-9-4-3-7-18(21)13-14-30(25)26)28(33)31(29(24)34)20-12-11-17-6-1-2-8-19(17)16-20/h1-16,23-26H/t23-,24+,25+,26-/m0/s1. The van der Waals surface area contributed by atoms with E-state index in [0.717, 1.165) is 21.9 Å². The number of amides is 2. The maximum absolute atomic E-state index is 14.0. The summed E-state index contributed by atoms with van der Waals surface area (Å²) in [4.78, 5) is 45.6. The third kappa shape index (κ3) is 2.83. The van der Waals surface area contributed by atoms with E-state index in [4.69, 9.17) is 0 Å². The van der Waals surface area contributed by atoms with Gasteiger partial charge in [0.15, 0.2) is 5.78 Å². The summed E-state index contributed by atoms with van der Waals surface area (Å²) in [5.74, 6) is -2.02. The summed E-state index contributed by atoms with van der Waals surface area (Å²) in [6.07, 6.45) is 3.86. The van der Waals surface area contributed by atoms with Gasteiger partial charge in [0.25, 0.3) is 0 Å². The topological polar surface area (TPSA) is 57.7 Å². The highest BCUT2D eigenvalue weighted by molar-refractivity contribution is 7.12. The number of ketones is 1. The van der Waals surface area contributed by atoms with Crippen molar-refractivity contribution in [3.8, 4) is 0 Å². The first-order chi connectivity index (χ1) is 17.1. The lowest BCUT2D eigenvalue weighted by atomic mass is 9.84. The minimum atomic E-state index is -0.746. The fraction of sp³-hybridized carbons (Fsp3) is 0.138. The molecule has 0 unspecified atom stereocenters. The number of hydrogen-bond acceptors (Lipinski definition) is 5. The van der Waals surface area contributed by atoms with Gasteiger partial charge in [0.05, 0.1) is 28.4 Å². The summed E-state index contributed by atoms with van der Waals surface area (Å²) in [6, 6.07) is 24.0. The fourth-order valence-electron chi connectivity index (χ4n) is 5.99. The molecule has 4 atom stereocenters. The summed E-state index contributed by atoms with van der Waals surface area (Å²) < 4.78 is 0. The van der Waals surface area contributed by atoms with E-state index in [2.05, 4.69) is 0 Å². The van der Waals surface area contributed by atoms with E-state index in [1.807, 2.05) is 95.4 Å². The first-order valence-electron chi connectivity index (χ1n) is 11.6. The molecule has 5 nitrogen and oxygen atoms in total. The highest BCUT2D eigenvalue weighted by Gasteiger charge is 2.64. The Balaban J connectivity index is 1.38. The Kier molecular flexibility index (Phi) is 4.35. The van der Waals surface area contributed by atoms with Gasteiger partial charge in [-0.1, -0.05) is 60.7 Å². The van der Waals surface area contributed by atoms with Gasteiger partial charge in [-0.25, -0.2) is 4.90 Å². The predicted molar refractivity (Wildman–Crippen MR) is 136 cm³/mol. The summed E-state index contributed by atoms with van der Waals surface area (Å²) in [6.45, 7) is 0. The molecule has 1 aromatic heterocycles. The molecule has 0 aliphatic carbocycles. The van der Waals surface area contributed by atoms with Crippen LogP contribution in [0.2, 0.25) is 0 Å². The summed E-state index contributed by atoms with van der Waals surface area (Å²) in [7, 11) is 0. The number of anilines is 1. The lowest BCUT2D eigenvalue weighted by Gasteiger charge is -2.35. The van der Waals surface area contributed by atoms with Crippen LogP contribution in [0.3, 0.4) is 0 Å². The van der Waals surface area contributed by atoms with Crippen LogP contribution in [0.5, 0.6) is 0 Å². The molecule has 0 spiro atoms. The van der Waals surface area contributed by atoms with Crippen LogP contribution >= 0.6 is 11.3 Å². The van der Waals surface area contributed by atoms with Crippen molar-refractivity contribution in [3.63, 3.8) is 0 Å². The predicted octanol–water partition coefficient (Wildman–Crippen LogP) is 5.30. The molecule has 4 aromatic rings. The van der Waals surface area contributed by atoms with E-state index in [9.17, 15) is 14.4 Å². The lowest BCUT2D eigenvalue weighted by Crippen LogP contribution is -2.44. The molecule has 2 amide bonds. The van der Waals surface area contributed by atoms with Crippen molar-refractivity contribution in [1.29, 1.82) is 0 Å². The summed E-state index contributed by atoms with van der Waals surface area (Å²) >= 11 is 1.37. The van der Waals surface area contributed by atoms with Crippen LogP contribution in [-0.2, 0) is 9.59 Å². The van der Waals surface area contributed by atoms with E-state index in [0.29, 0.717) is 10.6 Å². The summed E-state index contributed by atoms with van der Waals surface area (Å²) in [5, 5.41) is 3.86. The molecule has 0 bridgehead atoms. The molecule has 3 aromatic carbocycles. The van der Waals surface area contributed by atoms with Gasteiger partial charge in [-0.05, 0) is 51.6 Å². The van der Waals surface area contributed by atoms with Crippen LogP contribution < -0.4 is 4.90 Å². The second-order valence-electron chi connectivity index (χ2n) is 9.22. The number of Topliss-reactive ketones (excluding diaryl/α,β-unsaturated/α-hetero) is 1. The molecular formula is C29H20N2O3S. The molecule has 2 fully saturated rings. The maximum atomic E-state index is 14.0. The van der Waals surface area contributed by atoms with Crippen molar-refractivity contribution in [3.05, 3.63) is 106 Å². The molecule has 0 radical (unpaired) electrons. The van der Waals surface area contributed by atoms with E-state index in [1.54, 1.807) is 6.07 Å². The van der Waals surface area contributed by atoms with Gasteiger partial charge in [-0.3, -0.25) is 14.4 Å². The molecule has 3 aliphatic heterocycles. The lowest BCUT2D eigenvalue weighted by molar-refractivity contribution is -0.123. The molecular weight excluding hydrogens is 456 g/mol. The first kappa shape index (κ1) is 20.4. The smallest absolute Gasteiger partial charge is 0.240 e. The van der Waals surface area contributed by atoms with Crippen LogP contribution in [0.25, 0.3) is 16.8 Å². The molecule has 0 N–H and O–H groups in total. The number of carbonyl (C=O) groups excluding carboxylic acids is 3. The van der Waals surface area contributed by atoms with Gasteiger partial charge >= 0.3 is 0 Å². The number of thiophene rings is 1. The van der Waals surface area contributed by atoms with E-state index < -0.39 is 17.9 Å². The minimum Gasteiger partial charge on any atom is -0.358 e.